The van der Waals surface area contributed by atoms with Gasteiger partial charge >= 0.3 is 6.09 Å². The summed E-state index contributed by atoms with van der Waals surface area (Å²) in [5.41, 5.74) is 0.611. The maximum Gasteiger partial charge on any atom is 0.419 e. The fraction of sp³-hybridized carbons (Fsp3) is 0.400. The second-order valence-corrected chi connectivity index (χ2v) is 5.49. The van der Waals surface area contributed by atoms with Crippen LogP contribution in [-0.2, 0) is 11.2 Å². The van der Waals surface area contributed by atoms with Crippen LogP contribution in [0.15, 0.2) is 24.4 Å². The summed E-state index contributed by atoms with van der Waals surface area (Å²) in [6, 6.07) is 4.82. The van der Waals surface area contributed by atoms with E-state index in [4.69, 9.17) is 4.74 Å². The second kappa shape index (κ2) is 4.68. The molecule has 4 heteroatoms. The molecule has 1 aromatic heterocycles. The van der Waals surface area contributed by atoms with Crippen LogP contribution in [-0.4, -0.2) is 16.3 Å². The van der Waals surface area contributed by atoms with Crippen LogP contribution >= 0.6 is 0 Å². The van der Waals surface area contributed by atoms with E-state index >= 15 is 0 Å². The van der Waals surface area contributed by atoms with Crippen LogP contribution in [0.5, 0.6) is 0 Å². The minimum absolute atomic E-state index is 0.286. The van der Waals surface area contributed by atoms with Gasteiger partial charge in [0.1, 0.15) is 11.4 Å². The largest absolute Gasteiger partial charge is 0.443 e. The number of hydrogen-bond donors (Lipinski definition) is 0. The van der Waals surface area contributed by atoms with Gasteiger partial charge < -0.3 is 4.74 Å². The third kappa shape index (κ3) is 2.62. The van der Waals surface area contributed by atoms with E-state index < -0.39 is 17.5 Å². The number of aromatic nitrogens is 1. The Balaban J connectivity index is 2.58. The van der Waals surface area contributed by atoms with E-state index in [1.165, 1.54) is 10.6 Å². The molecule has 3 nitrogen and oxygen atoms in total. The summed E-state index contributed by atoms with van der Waals surface area (Å²) in [7, 11) is 0. The van der Waals surface area contributed by atoms with Gasteiger partial charge in [-0.2, -0.15) is 0 Å². The lowest BCUT2D eigenvalue weighted by Gasteiger charge is -2.19. The Morgan fingerprint density at radius 1 is 1.37 bits per heavy atom. The number of benzene rings is 1. The number of aryl methyl sites for hydroxylation is 1. The van der Waals surface area contributed by atoms with Crippen LogP contribution in [0.3, 0.4) is 0 Å². The molecule has 0 radical (unpaired) electrons. The molecule has 102 valence electrons. The topological polar surface area (TPSA) is 31.2 Å². The van der Waals surface area contributed by atoms with Crippen molar-refractivity contribution in [1.29, 1.82) is 0 Å². The van der Waals surface area contributed by atoms with Crippen molar-refractivity contribution in [1.82, 2.24) is 4.57 Å². The number of halogens is 1. The summed E-state index contributed by atoms with van der Waals surface area (Å²) >= 11 is 0. The smallest absolute Gasteiger partial charge is 0.419 e. The molecule has 2 rings (SSSR count). The predicted molar refractivity (Wildman–Crippen MR) is 72.9 cm³/mol. The Morgan fingerprint density at radius 3 is 2.63 bits per heavy atom. The number of rotatable bonds is 1. The Bertz CT molecular complexity index is 623. The lowest BCUT2D eigenvalue weighted by Crippen LogP contribution is -2.26. The molecule has 0 saturated heterocycles. The summed E-state index contributed by atoms with van der Waals surface area (Å²) in [6.07, 6.45) is 1.83. The van der Waals surface area contributed by atoms with Crippen molar-refractivity contribution < 1.29 is 13.9 Å². The number of para-hydroxylation sites is 1. The lowest BCUT2D eigenvalue weighted by atomic mass is 10.1. The minimum Gasteiger partial charge on any atom is -0.443 e. The third-order valence-electron chi connectivity index (χ3n) is 2.83. The Labute approximate surface area is 112 Å². The first-order chi connectivity index (χ1) is 8.83. The van der Waals surface area contributed by atoms with Crippen molar-refractivity contribution in [3.8, 4) is 0 Å². The first-order valence-electron chi connectivity index (χ1n) is 6.35. The molecule has 0 aliphatic carbocycles. The molecule has 0 aliphatic rings. The van der Waals surface area contributed by atoms with Gasteiger partial charge in [0.2, 0.25) is 0 Å². The van der Waals surface area contributed by atoms with Gasteiger partial charge in [-0.25, -0.2) is 13.8 Å². The first kappa shape index (κ1) is 13.6. The standard InChI is InChI=1S/C15H18FNO2/c1-5-10-9-17(14(18)19-15(2,3)4)13-11(10)7-6-8-12(13)16/h6-9H,5H2,1-4H3. The number of nitrogens with zero attached hydrogens (tertiary/aromatic N) is 1. The van der Waals surface area contributed by atoms with Crippen LogP contribution in [0.1, 0.15) is 33.3 Å². The molecule has 0 N–H and O–H groups in total. The Morgan fingerprint density at radius 2 is 2.05 bits per heavy atom. The van der Waals surface area contributed by atoms with Crippen molar-refractivity contribution in [2.24, 2.45) is 0 Å². The van der Waals surface area contributed by atoms with Crippen LogP contribution in [0.2, 0.25) is 0 Å². The molecule has 0 amide bonds. The highest BCUT2D eigenvalue weighted by Crippen LogP contribution is 2.25. The zero-order valence-electron chi connectivity index (χ0n) is 11.7. The van der Waals surface area contributed by atoms with Crippen molar-refractivity contribution >= 4 is 17.0 Å². The van der Waals surface area contributed by atoms with E-state index in [1.54, 1.807) is 33.0 Å². The fourth-order valence-electron chi connectivity index (χ4n) is 2.05. The zero-order chi connectivity index (χ0) is 14.2. The van der Waals surface area contributed by atoms with Gasteiger partial charge in [0.05, 0.1) is 5.52 Å². The monoisotopic (exact) mass is 263 g/mol. The number of fused-ring (bicyclic) bond motifs is 1. The zero-order valence-corrected chi connectivity index (χ0v) is 11.7. The molecule has 1 aromatic carbocycles. The Hall–Kier alpha value is -1.84. The van der Waals surface area contributed by atoms with E-state index in [0.29, 0.717) is 0 Å². The van der Waals surface area contributed by atoms with Gasteiger partial charge in [0.15, 0.2) is 0 Å². The maximum atomic E-state index is 14.0. The summed E-state index contributed by atoms with van der Waals surface area (Å²) in [5, 5.41) is 0.758. The highest BCUT2D eigenvalue weighted by atomic mass is 19.1. The molecule has 0 atom stereocenters. The third-order valence-corrected chi connectivity index (χ3v) is 2.83. The quantitative estimate of drug-likeness (QED) is 0.774. The van der Waals surface area contributed by atoms with E-state index in [9.17, 15) is 9.18 Å². The summed E-state index contributed by atoms with van der Waals surface area (Å²) < 4.78 is 20.5. The van der Waals surface area contributed by atoms with Gasteiger partial charge in [0.25, 0.3) is 0 Å². The minimum atomic E-state index is -0.606. The normalized spacial score (nSPS) is 11.8. The maximum absolute atomic E-state index is 14.0. The van der Waals surface area contributed by atoms with Gasteiger partial charge in [-0.05, 0) is 38.8 Å². The molecule has 0 unspecified atom stereocenters. The van der Waals surface area contributed by atoms with Crippen molar-refractivity contribution in [3.63, 3.8) is 0 Å². The van der Waals surface area contributed by atoms with Gasteiger partial charge in [0, 0.05) is 11.6 Å². The summed E-state index contributed by atoms with van der Waals surface area (Å²) in [4.78, 5) is 12.1. The number of carbonyl (C=O) groups is 1. The molecule has 0 fully saturated rings. The van der Waals surface area contributed by atoms with Gasteiger partial charge in [-0.15, -0.1) is 0 Å². The highest BCUT2D eigenvalue weighted by Gasteiger charge is 2.21. The average molecular weight is 263 g/mol. The molecule has 0 spiro atoms. The van der Waals surface area contributed by atoms with Crippen molar-refractivity contribution in [2.45, 2.75) is 39.7 Å². The van der Waals surface area contributed by atoms with Crippen molar-refractivity contribution in [3.05, 3.63) is 35.8 Å². The van der Waals surface area contributed by atoms with E-state index in [0.717, 1.165) is 17.4 Å². The fourth-order valence-corrected chi connectivity index (χ4v) is 2.05. The molecule has 1 heterocycles. The molecule has 0 saturated carbocycles. The molecule has 19 heavy (non-hydrogen) atoms. The van der Waals surface area contributed by atoms with Crippen LogP contribution in [0, 0.1) is 5.82 Å². The average Bonchev–Trinajstić information content (AvgIpc) is 2.67. The molecular formula is C15H18FNO2. The molecule has 2 aromatic rings. The predicted octanol–water partition coefficient (Wildman–Crippen LogP) is 4.13. The van der Waals surface area contributed by atoms with Crippen LogP contribution in [0.25, 0.3) is 10.9 Å². The van der Waals surface area contributed by atoms with Crippen molar-refractivity contribution in [2.75, 3.05) is 0 Å². The number of hydrogen-bond acceptors (Lipinski definition) is 2. The SMILES string of the molecule is CCc1cn(C(=O)OC(C)(C)C)c2c(F)cccc12. The Kier molecular flexibility index (Phi) is 3.35. The second-order valence-electron chi connectivity index (χ2n) is 5.49. The van der Waals surface area contributed by atoms with Crippen LogP contribution < -0.4 is 0 Å². The van der Waals surface area contributed by atoms with Crippen LogP contribution in [0.4, 0.5) is 9.18 Å². The summed E-state index contributed by atoms with van der Waals surface area (Å²) in [5.74, 6) is -0.414. The highest BCUT2D eigenvalue weighted by molar-refractivity contribution is 5.92. The number of ether oxygens (including phenoxy) is 1. The number of carbonyl (C=O) groups excluding carboxylic acids is 1. The molecular weight excluding hydrogens is 245 g/mol. The van der Waals surface area contributed by atoms with E-state index in [2.05, 4.69) is 0 Å². The van der Waals surface area contributed by atoms with E-state index in [1.807, 2.05) is 13.0 Å². The summed E-state index contributed by atoms with van der Waals surface area (Å²) in [6.45, 7) is 7.33. The molecule has 0 aliphatic heterocycles. The van der Waals surface area contributed by atoms with Gasteiger partial charge in [-0.3, -0.25) is 0 Å². The first-order valence-corrected chi connectivity index (χ1v) is 6.35. The van der Waals surface area contributed by atoms with E-state index in [-0.39, 0.29) is 5.52 Å². The van der Waals surface area contributed by atoms with Gasteiger partial charge in [-0.1, -0.05) is 19.1 Å². The molecule has 0 bridgehead atoms. The lowest BCUT2D eigenvalue weighted by molar-refractivity contribution is 0.0543.